The summed E-state index contributed by atoms with van der Waals surface area (Å²) < 4.78 is 76.1. The van der Waals surface area contributed by atoms with E-state index in [1.165, 1.54) is 28.4 Å². The molecule has 2 aromatic rings. The summed E-state index contributed by atoms with van der Waals surface area (Å²) in [5.41, 5.74) is 1.48. The van der Waals surface area contributed by atoms with Crippen LogP contribution in [-0.2, 0) is 69.2 Å². The van der Waals surface area contributed by atoms with Crippen LogP contribution in [-0.4, -0.2) is 97.3 Å². The van der Waals surface area contributed by atoms with Crippen molar-refractivity contribution >= 4 is 7.82 Å². The highest BCUT2D eigenvalue weighted by Gasteiger charge is 2.56. The molecule has 3 rings (SSSR count). The van der Waals surface area contributed by atoms with Crippen LogP contribution in [0.5, 0.6) is 0 Å². The van der Waals surface area contributed by atoms with Crippen LogP contribution in [0.4, 0.5) is 0 Å². The van der Waals surface area contributed by atoms with Gasteiger partial charge in [0.15, 0.2) is 0 Å². The van der Waals surface area contributed by atoms with E-state index in [1.807, 2.05) is 60.7 Å². The van der Waals surface area contributed by atoms with E-state index < -0.39 is 44.4 Å². The number of phosphoric acid groups is 1. The molecule has 0 unspecified atom stereocenters. The highest BCUT2D eigenvalue weighted by atomic mass is 31.2. The molecule has 0 aromatic heterocycles. The monoisotopic (exact) mass is 616 g/mol. The predicted molar refractivity (Wildman–Crippen MR) is 148 cm³/mol. The van der Waals surface area contributed by atoms with Crippen LogP contribution in [0.3, 0.4) is 0 Å². The number of ether oxygens (including phenoxy) is 8. The van der Waals surface area contributed by atoms with E-state index in [1.54, 1.807) is 0 Å². The van der Waals surface area contributed by atoms with Gasteiger partial charge < -0.3 is 43.0 Å². The second-order valence-corrected chi connectivity index (χ2v) is 10.8. The molecule has 1 fully saturated rings. The van der Waals surface area contributed by atoms with Crippen molar-refractivity contribution in [1.29, 1.82) is 0 Å². The molecule has 1 saturated carbocycles. The van der Waals surface area contributed by atoms with Gasteiger partial charge in [0.1, 0.15) is 63.8 Å². The lowest BCUT2D eigenvalue weighted by Crippen LogP contribution is -2.67. The fraction of sp³-hybridized carbons (Fsp3) is 0.571. The molecule has 1 N–H and O–H groups in total. The molecule has 42 heavy (non-hydrogen) atoms. The van der Waals surface area contributed by atoms with Gasteiger partial charge in [-0.15, -0.1) is 0 Å². The van der Waals surface area contributed by atoms with E-state index >= 15 is 0 Å². The molecule has 0 heterocycles. The molecule has 0 radical (unpaired) electrons. The van der Waals surface area contributed by atoms with Crippen LogP contribution in [0, 0.1) is 0 Å². The standard InChI is InChI=1S/C28H41O13P/c1-31-17-35-24-23(29)25(36-18-32-2)28(27(38-20-34-4)26(24)37-19-33-3)41-42(30,39-15-21-11-7-5-8-12-21)40-16-22-13-9-6-10-14-22/h5-14,23-29H,15-20H2,1-4H3/t23-,24+,25+,26+,27-,28-/m1/s1. The molecule has 2 aromatic carbocycles. The van der Waals surface area contributed by atoms with E-state index in [0.717, 1.165) is 11.1 Å². The van der Waals surface area contributed by atoms with Gasteiger partial charge in [-0.1, -0.05) is 60.7 Å². The highest BCUT2D eigenvalue weighted by Crippen LogP contribution is 2.54. The van der Waals surface area contributed by atoms with Crippen LogP contribution >= 0.6 is 7.82 Å². The van der Waals surface area contributed by atoms with Crippen LogP contribution in [0.2, 0.25) is 0 Å². The molecule has 0 aliphatic heterocycles. The molecular weight excluding hydrogens is 575 g/mol. The lowest BCUT2D eigenvalue weighted by Gasteiger charge is -2.47. The number of hydrogen-bond donors (Lipinski definition) is 1. The summed E-state index contributed by atoms with van der Waals surface area (Å²) in [7, 11) is 1.36. The average Bonchev–Trinajstić information content (AvgIpc) is 3.02. The van der Waals surface area contributed by atoms with Crippen molar-refractivity contribution < 1.29 is 61.1 Å². The van der Waals surface area contributed by atoms with Crippen molar-refractivity contribution in [3.63, 3.8) is 0 Å². The van der Waals surface area contributed by atoms with Crippen LogP contribution in [0.1, 0.15) is 11.1 Å². The molecule has 236 valence electrons. The fourth-order valence-corrected chi connectivity index (χ4v) is 5.66. The lowest BCUT2D eigenvalue weighted by molar-refractivity contribution is -0.298. The van der Waals surface area contributed by atoms with Crippen molar-refractivity contribution in [2.24, 2.45) is 0 Å². The van der Waals surface area contributed by atoms with Gasteiger partial charge >= 0.3 is 7.82 Å². The molecule has 0 amide bonds. The lowest BCUT2D eigenvalue weighted by atomic mass is 9.84. The Labute approximate surface area is 246 Å². The summed E-state index contributed by atoms with van der Waals surface area (Å²) in [6.45, 7) is -0.967. The number of phosphoric ester groups is 1. The van der Waals surface area contributed by atoms with E-state index in [9.17, 15) is 9.67 Å². The normalized spacial score (nSPS) is 24.6. The summed E-state index contributed by atoms with van der Waals surface area (Å²) in [5, 5.41) is 11.5. The van der Waals surface area contributed by atoms with Crippen LogP contribution < -0.4 is 0 Å². The van der Waals surface area contributed by atoms with Gasteiger partial charge in [-0.25, -0.2) is 4.57 Å². The summed E-state index contributed by atoms with van der Waals surface area (Å²) in [4.78, 5) is 0. The fourth-order valence-electron chi connectivity index (χ4n) is 4.31. The van der Waals surface area contributed by atoms with E-state index in [2.05, 4.69) is 0 Å². The number of methoxy groups -OCH3 is 4. The minimum atomic E-state index is -4.38. The van der Waals surface area contributed by atoms with Crippen LogP contribution in [0.15, 0.2) is 60.7 Å². The Morgan fingerprint density at radius 2 is 0.929 bits per heavy atom. The molecule has 0 spiro atoms. The second-order valence-electron chi connectivity index (χ2n) is 9.18. The van der Waals surface area contributed by atoms with Gasteiger partial charge in [0.05, 0.1) is 13.2 Å². The molecular formula is C28H41O13P. The van der Waals surface area contributed by atoms with Gasteiger partial charge in [-0.05, 0) is 11.1 Å². The molecule has 1 aliphatic carbocycles. The molecule has 1 aliphatic rings. The SMILES string of the molecule is COCO[C@@H]1[C@@H](OCOC)[C@@H](OCOC)[C@@H](O)[C@H](OCOC)[C@H]1OP(=O)(OCc1ccccc1)OCc1ccccc1. The number of benzene rings is 2. The first-order valence-corrected chi connectivity index (χ1v) is 14.7. The first kappa shape index (κ1) is 34.7. The maximum Gasteiger partial charge on any atom is 0.475 e. The predicted octanol–water partition coefficient (Wildman–Crippen LogP) is 3.24. The van der Waals surface area contributed by atoms with Gasteiger partial charge in [0, 0.05) is 28.4 Å². The zero-order valence-corrected chi connectivity index (χ0v) is 25.2. The maximum atomic E-state index is 14.3. The smallest absolute Gasteiger partial charge is 0.387 e. The van der Waals surface area contributed by atoms with Crippen molar-refractivity contribution in [2.45, 2.75) is 49.8 Å². The molecule has 0 saturated heterocycles. The summed E-state index contributed by atoms with van der Waals surface area (Å²) in [6.07, 6.45) is -7.02. The highest BCUT2D eigenvalue weighted by molar-refractivity contribution is 7.48. The minimum absolute atomic E-state index is 0.0848. The first-order valence-electron chi connectivity index (χ1n) is 13.2. The van der Waals surface area contributed by atoms with Crippen molar-refractivity contribution in [3.05, 3.63) is 71.8 Å². The largest absolute Gasteiger partial charge is 0.475 e. The summed E-state index contributed by atoms with van der Waals surface area (Å²) in [6, 6.07) is 18.3. The number of aliphatic hydroxyl groups is 1. The van der Waals surface area contributed by atoms with E-state index in [0.29, 0.717) is 0 Å². The van der Waals surface area contributed by atoms with Crippen molar-refractivity contribution in [3.8, 4) is 0 Å². The third kappa shape index (κ3) is 10.4. The Hall–Kier alpha value is -1.81. The maximum absolute atomic E-state index is 14.3. The number of hydrogen-bond acceptors (Lipinski definition) is 13. The topological polar surface area (TPSA) is 139 Å². The quantitative estimate of drug-likeness (QED) is 0.172. The van der Waals surface area contributed by atoms with Gasteiger partial charge in [0.25, 0.3) is 0 Å². The summed E-state index contributed by atoms with van der Waals surface area (Å²) in [5.74, 6) is 0. The molecule has 0 bridgehead atoms. The van der Waals surface area contributed by atoms with Crippen molar-refractivity contribution in [2.75, 3.05) is 55.6 Å². The zero-order chi connectivity index (χ0) is 30.2. The molecule has 14 heteroatoms. The number of aliphatic hydroxyl groups excluding tert-OH is 1. The zero-order valence-electron chi connectivity index (χ0n) is 24.3. The molecule has 6 atom stereocenters. The third-order valence-corrected chi connectivity index (χ3v) is 7.59. The minimum Gasteiger partial charge on any atom is -0.387 e. The first-order chi connectivity index (χ1) is 20.5. The Kier molecular flexibility index (Phi) is 15.5. The van der Waals surface area contributed by atoms with Gasteiger partial charge in [0.2, 0.25) is 0 Å². The Morgan fingerprint density at radius 1 is 0.571 bits per heavy atom. The van der Waals surface area contributed by atoms with Gasteiger partial charge in [-0.2, -0.15) is 0 Å². The number of rotatable bonds is 20. The van der Waals surface area contributed by atoms with E-state index in [4.69, 9.17) is 51.5 Å². The second kappa shape index (κ2) is 18.8. The third-order valence-electron chi connectivity index (χ3n) is 6.20. The van der Waals surface area contributed by atoms with Crippen molar-refractivity contribution in [1.82, 2.24) is 0 Å². The van der Waals surface area contributed by atoms with Gasteiger partial charge in [-0.3, -0.25) is 13.6 Å². The van der Waals surface area contributed by atoms with Crippen LogP contribution in [0.25, 0.3) is 0 Å². The average molecular weight is 617 g/mol. The summed E-state index contributed by atoms with van der Waals surface area (Å²) >= 11 is 0. The Morgan fingerprint density at radius 3 is 1.33 bits per heavy atom. The Balaban J connectivity index is 1.98. The van der Waals surface area contributed by atoms with E-state index in [-0.39, 0.29) is 40.4 Å². The molecule has 13 nitrogen and oxygen atoms in total. The Bertz CT molecular complexity index is 983.